The molecule has 0 atom stereocenters. The minimum Gasteiger partial charge on any atom is -0.493 e. The standard InChI is InChI=1S/C21H33N3O2.HI/c1-22-20(24-14-12-21(16-24)10-4-5-11-21)23-13-6-7-17-8-9-18(25-2)19(15-17)26-3;/h8-9,15H,4-7,10-14,16H2,1-3H3,(H,22,23);1H. The van der Waals surface area contributed by atoms with Crippen LogP contribution in [0.3, 0.4) is 0 Å². The molecule has 1 aromatic carbocycles. The first-order valence-electron chi connectivity index (χ1n) is 9.86. The monoisotopic (exact) mass is 487 g/mol. The SMILES string of the molecule is CN=C(NCCCc1ccc(OC)c(OC)c1)N1CCC2(CCCC2)C1.I. The average molecular weight is 487 g/mol. The second kappa shape index (κ2) is 10.4. The van der Waals surface area contributed by atoms with Crippen LogP contribution in [0, 0.1) is 5.41 Å². The molecule has 1 spiro atoms. The minimum atomic E-state index is 0. The molecule has 3 rings (SSSR count). The van der Waals surface area contributed by atoms with Crippen LogP contribution in [0.4, 0.5) is 0 Å². The predicted octanol–water partition coefficient (Wildman–Crippen LogP) is 4.10. The zero-order valence-corrected chi connectivity index (χ0v) is 19.3. The van der Waals surface area contributed by atoms with E-state index in [0.29, 0.717) is 5.41 Å². The Kier molecular flexibility index (Phi) is 8.51. The number of guanidine groups is 1. The van der Waals surface area contributed by atoms with Gasteiger partial charge in [0.2, 0.25) is 0 Å². The Morgan fingerprint density at radius 3 is 2.56 bits per heavy atom. The second-order valence-corrected chi connectivity index (χ2v) is 7.65. The summed E-state index contributed by atoms with van der Waals surface area (Å²) < 4.78 is 10.7. The molecule has 0 aromatic heterocycles. The lowest BCUT2D eigenvalue weighted by molar-refractivity contribution is 0.309. The van der Waals surface area contributed by atoms with Crippen molar-refractivity contribution in [3.05, 3.63) is 23.8 Å². The van der Waals surface area contributed by atoms with Gasteiger partial charge in [0.05, 0.1) is 14.2 Å². The number of hydrogen-bond donors (Lipinski definition) is 1. The quantitative estimate of drug-likeness (QED) is 0.284. The molecule has 0 bridgehead atoms. The predicted molar refractivity (Wildman–Crippen MR) is 122 cm³/mol. The fraction of sp³-hybridized carbons (Fsp3) is 0.667. The molecule has 1 aliphatic heterocycles. The average Bonchev–Trinajstić information content (AvgIpc) is 3.31. The molecule has 2 fully saturated rings. The summed E-state index contributed by atoms with van der Waals surface area (Å²) in [5.74, 6) is 2.65. The Morgan fingerprint density at radius 1 is 1.15 bits per heavy atom. The minimum absolute atomic E-state index is 0. The first kappa shape index (κ1) is 22.1. The number of nitrogens with one attached hydrogen (secondary N) is 1. The maximum atomic E-state index is 5.39. The van der Waals surface area contributed by atoms with E-state index in [-0.39, 0.29) is 24.0 Å². The number of rotatable bonds is 6. The summed E-state index contributed by atoms with van der Waals surface area (Å²) in [4.78, 5) is 6.97. The highest BCUT2D eigenvalue weighted by Crippen LogP contribution is 2.45. The topological polar surface area (TPSA) is 46.1 Å². The van der Waals surface area contributed by atoms with E-state index < -0.39 is 0 Å². The van der Waals surface area contributed by atoms with Gasteiger partial charge in [0.15, 0.2) is 17.5 Å². The van der Waals surface area contributed by atoms with Crippen LogP contribution >= 0.6 is 24.0 Å². The van der Waals surface area contributed by atoms with Gasteiger partial charge in [0, 0.05) is 26.7 Å². The van der Waals surface area contributed by atoms with E-state index in [1.807, 2.05) is 13.1 Å². The van der Waals surface area contributed by atoms with E-state index in [9.17, 15) is 0 Å². The Bertz CT molecular complexity index is 630. The molecule has 0 radical (unpaired) electrons. The number of benzene rings is 1. The highest BCUT2D eigenvalue weighted by Gasteiger charge is 2.40. The first-order valence-corrected chi connectivity index (χ1v) is 9.86. The van der Waals surface area contributed by atoms with Crippen molar-refractivity contribution < 1.29 is 9.47 Å². The van der Waals surface area contributed by atoms with E-state index >= 15 is 0 Å². The lowest BCUT2D eigenvalue weighted by Crippen LogP contribution is -2.41. The van der Waals surface area contributed by atoms with Gasteiger partial charge in [-0.3, -0.25) is 4.99 Å². The smallest absolute Gasteiger partial charge is 0.193 e. The van der Waals surface area contributed by atoms with Gasteiger partial charge in [-0.2, -0.15) is 0 Å². The van der Waals surface area contributed by atoms with E-state index in [2.05, 4.69) is 27.3 Å². The molecule has 2 aliphatic rings. The third-order valence-electron chi connectivity index (χ3n) is 5.99. The summed E-state index contributed by atoms with van der Waals surface area (Å²) in [5, 5.41) is 3.56. The van der Waals surface area contributed by atoms with Gasteiger partial charge >= 0.3 is 0 Å². The molecule has 1 saturated carbocycles. The Balaban J connectivity index is 0.00000261. The molecule has 1 N–H and O–H groups in total. The number of likely N-dealkylation sites (tertiary alicyclic amines) is 1. The molecule has 1 heterocycles. The normalized spacial score (nSPS) is 18.5. The van der Waals surface area contributed by atoms with Crippen molar-refractivity contribution >= 4 is 29.9 Å². The van der Waals surface area contributed by atoms with Crippen LogP contribution in [-0.2, 0) is 6.42 Å². The zero-order chi connectivity index (χ0) is 18.4. The molecule has 1 aliphatic carbocycles. The van der Waals surface area contributed by atoms with Gasteiger partial charge in [0.25, 0.3) is 0 Å². The number of ether oxygens (including phenoxy) is 2. The summed E-state index contributed by atoms with van der Waals surface area (Å²) in [5.41, 5.74) is 1.85. The van der Waals surface area contributed by atoms with Crippen LogP contribution in [-0.4, -0.2) is 51.8 Å². The van der Waals surface area contributed by atoms with Crippen LogP contribution in [0.25, 0.3) is 0 Å². The van der Waals surface area contributed by atoms with Crippen molar-refractivity contribution in [3.63, 3.8) is 0 Å². The third-order valence-corrected chi connectivity index (χ3v) is 5.99. The Hall–Kier alpha value is -1.18. The molecule has 1 saturated heterocycles. The van der Waals surface area contributed by atoms with Gasteiger partial charge in [-0.05, 0) is 55.2 Å². The van der Waals surface area contributed by atoms with E-state index in [1.54, 1.807) is 14.2 Å². The van der Waals surface area contributed by atoms with Gasteiger partial charge in [0.1, 0.15) is 0 Å². The lowest BCUT2D eigenvalue weighted by Gasteiger charge is -2.26. The fourth-order valence-corrected chi connectivity index (χ4v) is 4.51. The lowest BCUT2D eigenvalue weighted by atomic mass is 9.86. The largest absolute Gasteiger partial charge is 0.493 e. The molecule has 152 valence electrons. The summed E-state index contributed by atoms with van der Waals surface area (Å²) in [6.07, 6.45) is 9.02. The van der Waals surface area contributed by atoms with E-state index in [1.165, 1.54) is 44.2 Å². The van der Waals surface area contributed by atoms with Crippen molar-refractivity contribution in [1.29, 1.82) is 0 Å². The number of aliphatic imine (C=N–C) groups is 1. The van der Waals surface area contributed by atoms with E-state index in [0.717, 1.165) is 43.4 Å². The van der Waals surface area contributed by atoms with Gasteiger partial charge < -0.3 is 19.7 Å². The highest BCUT2D eigenvalue weighted by atomic mass is 127. The Morgan fingerprint density at radius 2 is 1.89 bits per heavy atom. The van der Waals surface area contributed by atoms with Gasteiger partial charge in [-0.25, -0.2) is 0 Å². The zero-order valence-electron chi connectivity index (χ0n) is 16.9. The molecular formula is C21H34IN3O2. The number of nitrogens with zero attached hydrogens (tertiary/aromatic N) is 2. The van der Waals surface area contributed by atoms with Gasteiger partial charge in [-0.1, -0.05) is 18.9 Å². The molecule has 27 heavy (non-hydrogen) atoms. The number of methoxy groups -OCH3 is 2. The van der Waals surface area contributed by atoms with Crippen molar-refractivity contribution in [3.8, 4) is 11.5 Å². The van der Waals surface area contributed by atoms with Gasteiger partial charge in [-0.15, -0.1) is 24.0 Å². The number of aryl methyl sites for hydroxylation is 1. The maximum Gasteiger partial charge on any atom is 0.193 e. The van der Waals surface area contributed by atoms with Crippen LogP contribution in [0.5, 0.6) is 11.5 Å². The number of hydrogen-bond acceptors (Lipinski definition) is 3. The van der Waals surface area contributed by atoms with Crippen molar-refractivity contribution in [1.82, 2.24) is 10.2 Å². The fourth-order valence-electron chi connectivity index (χ4n) is 4.51. The van der Waals surface area contributed by atoms with Crippen LogP contribution < -0.4 is 14.8 Å². The Labute approximate surface area is 180 Å². The third kappa shape index (κ3) is 5.42. The van der Waals surface area contributed by atoms with Crippen molar-refractivity contribution in [2.45, 2.75) is 44.9 Å². The molecule has 1 aromatic rings. The summed E-state index contributed by atoms with van der Waals surface area (Å²) in [6, 6.07) is 6.16. The summed E-state index contributed by atoms with van der Waals surface area (Å²) in [7, 11) is 5.25. The molecular weight excluding hydrogens is 453 g/mol. The van der Waals surface area contributed by atoms with Crippen LogP contribution in [0.2, 0.25) is 0 Å². The maximum absolute atomic E-state index is 5.39. The molecule has 5 nitrogen and oxygen atoms in total. The van der Waals surface area contributed by atoms with Crippen LogP contribution in [0.1, 0.15) is 44.1 Å². The second-order valence-electron chi connectivity index (χ2n) is 7.65. The van der Waals surface area contributed by atoms with E-state index in [4.69, 9.17) is 9.47 Å². The highest BCUT2D eigenvalue weighted by molar-refractivity contribution is 14.0. The van der Waals surface area contributed by atoms with Crippen LogP contribution in [0.15, 0.2) is 23.2 Å². The molecule has 0 unspecified atom stereocenters. The van der Waals surface area contributed by atoms with Crippen molar-refractivity contribution in [2.24, 2.45) is 10.4 Å². The first-order chi connectivity index (χ1) is 12.7. The summed E-state index contributed by atoms with van der Waals surface area (Å²) in [6.45, 7) is 3.27. The number of halogens is 1. The summed E-state index contributed by atoms with van der Waals surface area (Å²) >= 11 is 0. The molecule has 0 amide bonds. The molecule has 6 heteroatoms. The van der Waals surface area contributed by atoms with Crippen molar-refractivity contribution in [2.75, 3.05) is 40.9 Å².